The Morgan fingerprint density at radius 1 is 1.23 bits per heavy atom. The summed E-state index contributed by atoms with van der Waals surface area (Å²) in [5.74, 6) is -2.12. The lowest BCUT2D eigenvalue weighted by Crippen LogP contribution is -2.56. The first-order valence-corrected chi connectivity index (χ1v) is 11.9. The molecule has 0 saturated carbocycles. The molecule has 3 fully saturated rings. The Hall–Kier alpha value is -1.67. The summed E-state index contributed by atoms with van der Waals surface area (Å²) in [5.41, 5.74) is -1.72. The summed E-state index contributed by atoms with van der Waals surface area (Å²) < 4.78 is 12.0. The van der Waals surface area contributed by atoms with E-state index in [0.717, 1.165) is 25.7 Å². The van der Waals surface area contributed by atoms with E-state index in [1.807, 2.05) is 20.8 Å². The molecule has 0 radical (unpaired) electrons. The molecule has 8 nitrogen and oxygen atoms in total. The number of amides is 2. The molecule has 2 amide bonds. The maximum Gasteiger partial charge on any atom is 0.312 e. The van der Waals surface area contributed by atoms with Crippen LogP contribution < -0.4 is 5.32 Å². The summed E-state index contributed by atoms with van der Waals surface area (Å²) in [6.45, 7) is 8.36. The van der Waals surface area contributed by atoms with Crippen molar-refractivity contribution in [2.45, 2.75) is 95.9 Å². The number of carbonyl (C=O) groups is 3. The van der Waals surface area contributed by atoms with Crippen LogP contribution in [0.3, 0.4) is 0 Å². The predicted octanol–water partition coefficient (Wildman–Crippen LogP) is 1.78. The van der Waals surface area contributed by atoms with E-state index in [4.69, 9.17) is 14.6 Å². The minimum atomic E-state index is -0.978. The highest BCUT2D eigenvalue weighted by atomic mass is 16.6. The van der Waals surface area contributed by atoms with E-state index in [2.05, 4.69) is 5.32 Å². The predicted molar refractivity (Wildman–Crippen MR) is 114 cm³/mol. The normalized spacial score (nSPS) is 33.8. The van der Waals surface area contributed by atoms with Gasteiger partial charge >= 0.3 is 5.97 Å². The van der Waals surface area contributed by atoms with E-state index >= 15 is 0 Å². The SMILES string of the molecule is CCOC(=O)[C@@H]1[C@H]2C(=O)N(CCCCCCO)C(C(=O)NC(C)C)C23CC[C@@]1(CC)O3. The standard InChI is InChI=1S/C23H38N2O6/c1-5-22-11-12-23(31-22)16(17(22)21(29)30-6-2)20(28)25(13-9-7-8-10-14-26)18(23)19(27)24-15(3)4/h15-18,26H,5-14H2,1-4H3,(H,24,27)/t16-,17-,18?,22+,23?/m0/s1. The fourth-order valence-corrected chi connectivity index (χ4v) is 5.96. The smallest absolute Gasteiger partial charge is 0.312 e. The van der Waals surface area contributed by atoms with Crippen LogP contribution in [-0.2, 0) is 23.9 Å². The van der Waals surface area contributed by atoms with Crippen molar-refractivity contribution in [1.82, 2.24) is 10.2 Å². The fraction of sp³-hybridized carbons (Fsp3) is 0.870. The number of likely N-dealkylation sites (tertiary alicyclic amines) is 1. The summed E-state index contributed by atoms with van der Waals surface area (Å²) in [6, 6.07) is -0.804. The van der Waals surface area contributed by atoms with Crippen molar-refractivity contribution in [1.29, 1.82) is 0 Å². The number of fused-ring (bicyclic) bond motifs is 1. The molecular formula is C23H38N2O6. The molecule has 0 aliphatic carbocycles. The number of aliphatic hydroxyl groups excluding tert-OH is 1. The van der Waals surface area contributed by atoms with Crippen molar-refractivity contribution in [3.05, 3.63) is 0 Å². The summed E-state index contributed by atoms with van der Waals surface area (Å²) in [7, 11) is 0. The zero-order valence-corrected chi connectivity index (χ0v) is 19.3. The zero-order chi connectivity index (χ0) is 22.8. The van der Waals surface area contributed by atoms with Crippen LogP contribution in [-0.4, -0.2) is 70.8 Å². The van der Waals surface area contributed by atoms with Gasteiger partial charge in [0, 0.05) is 19.2 Å². The molecule has 3 aliphatic heterocycles. The second-order valence-electron chi connectivity index (χ2n) is 9.42. The molecule has 8 heteroatoms. The minimum absolute atomic E-state index is 0.0657. The van der Waals surface area contributed by atoms with Crippen LogP contribution in [0.25, 0.3) is 0 Å². The van der Waals surface area contributed by atoms with E-state index in [1.165, 1.54) is 0 Å². The first kappa shape index (κ1) is 24.0. The van der Waals surface area contributed by atoms with Gasteiger partial charge in [0.15, 0.2) is 0 Å². The van der Waals surface area contributed by atoms with Gasteiger partial charge in [0.25, 0.3) is 0 Å². The molecule has 5 atom stereocenters. The van der Waals surface area contributed by atoms with Gasteiger partial charge in [-0.3, -0.25) is 14.4 Å². The molecule has 0 aromatic carbocycles. The number of unbranched alkanes of at least 4 members (excludes halogenated alkanes) is 3. The third-order valence-electron chi connectivity index (χ3n) is 7.21. The summed E-state index contributed by atoms with van der Waals surface area (Å²) in [4.78, 5) is 41.7. The minimum Gasteiger partial charge on any atom is -0.466 e. The number of esters is 1. The van der Waals surface area contributed by atoms with Crippen LogP contribution in [0.15, 0.2) is 0 Å². The van der Waals surface area contributed by atoms with Gasteiger partial charge in [0.05, 0.1) is 18.1 Å². The molecule has 2 N–H and O–H groups in total. The number of carbonyl (C=O) groups excluding carboxylic acids is 3. The van der Waals surface area contributed by atoms with Crippen LogP contribution in [0.5, 0.6) is 0 Å². The Morgan fingerprint density at radius 3 is 2.55 bits per heavy atom. The van der Waals surface area contributed by atoms with E-state index in [-0.39, 0.29) is 31.1 Å². The molecule has 3 heterocycles. The van der Waals surface area contributed by atoms with Crippen molar-refractivity contribution in [3.8, 4) is 0 Å². The number of hydrogen-bond donors (Lipinski definition) is 2. The number of aliphatic hydroxyl groups is 1. The van der Waals surface area contributed by atoms with Crippen LogP contribution >= 0.6 is 0 Å². The second-order valence-corrected chi connectivity index (χ2v) is 9.42. The Bertz CT molecular complexity index is 698. The quantitative estimate of drug-likeness (QED) is 0.376. The molecule has 2 unspecified atom stereocenters. The lowest BCUT2D eigenvalue weighted by molar-refractivity contribution is -0.160. The molecule has 2 bridgehead atoms. The average Bonchev–Trinajstić information content (AvgIpc) is 3.31. The van der Waals surface area contributed by atoms with Gasteiger partial charge in [0.1, 0.15) is 17.6 Å². The maximum absolute atomic E-state index is 13.7. The van der Waals surface area contributed by atoms with Crippen molar-refractivity contribution in [2.24, 2.45) is 11.8 Å². The summed E-state index contributed by atoms with van der Waals surface area (Å²) in [5, 5.41) is 12.0. The number of nitrogens with zero attached hydrogens (tertiary/aromatic N) is 1. The van der Waals surface area contributed by atoms with Gasteiger partial charge in [-0.15, -0.1) is 0 Å². The topological polar surface area (TPSA) is 105 Å². The second kappa shape index (κ2) is 9.45. The van der Waals surface area contributed by atoms with Gasteiger partial charge in [0.2, 0.25) is 11.8 Å². The van der Waals surface area contributed by atoms with E-state index in [9.17, 15) is 14.4 Å². The van der Waals surface area contributed by atoms with Gasteiger partial charge < -0.3 is 24.8 Å². The van der Waals surface area contributed by atoms with Crippen LogP contribution in [0, 0.1) is 11.8 Å². The van der Waals surface area contributed by atoms with E-state index in [1.54, 1.807) is 11.8 Å². The van der Waals surface area contributed by atoms with Crippen molar-refractivity contribution in [2.75, 3.05) is 19.8 Å². The van der Waals surface area contributed by atoms with Gasteiger partial charge in [-0.1, -0.05) is 19.8 Å². The number of hydrogen-bond acceptors (Lipinski definition) is 6. The van der Waals surface area contributed by atoms with E-state index in [0.29, 0.717) is 25.8 Å². The van der Waals surface area contributed by atoms with Gasteiger partial charge in [-0.2, -0.15) is 0 Å². The Labute approximate surface area is 185 Å². The number of rotatable bonds is 11. The van der Waals surface area contributed by atoms with Crippen LogP contribution in [0.2, 0.25) is 0 Å². The molecule has 31 heavy (non-hydrogen) atoms. The molecule has 1 spiro atoms. The largest absolute Gasteiger partial charge is 0.466 e. The van der Waals surface area contributed by atoms with Gasteiger partial charge in [-0.05, 0) is 52.9 Å². The molecule has 176 valence electrons. The number of ether oxygens (including phenoxy) is 2. The third kappa shape index (κ3) is 3.97. The summed E-state index contributed by atoms with van der Waals surface area (Å²) in [6.07, 6.45) is 5.03. The fourth-order valence-electron chi connectivity index (χ4n) is 5.96. The molecule has 3 rings (SSSR count). The van der Waals surface area contributed by atoms with Crippen LogP contribution in [0.1, 0.15) is 72.6 Å². The highest BCUT2D eigenvalue weighted by Gasteiger charge is 2.78. The number of nitrogens with one attached hydrogen (secondary N) is 1. The molecule has 3 saturated heterocycles. The zero-order valence-electron chi connectivity index (χ0n) is 19.3. The van der Waals surface area contributed by atoms with Crippen molar-refractivity contribution >= 4 is 17.8 Å². The molecule has 0 aromatic rings. The van der Waals surface area contributed by atoms with Crippen LogP contribution in [0.4, 0.5) is 0 Å². The first-order valence-electron chi connectivity index (χ1n) is 11.9. The first-order chi connectivity index (χ1) is 14.8. The van der Waals surface area contributed by atoms with Gasteiger partial charge in [-0.25, -0.2) is 0 Å². The Kier molecular flexibility index (Phi) is 7.31. The average molecular weight is 439 g/mol. The van der Waals surface area contributed by atoms with E-state index < -0.39 is 35.0 Å². The molecule has 3 aliphatic rings. The van der Waals surface area contributed by atoms with Crippen molar-refractivity contribution in [3.63, 3.8) is 0 Å². The highest BCUT2D eigenvalue weighted by Crippen LogP contribution is 2.64. The van der Waals surface area contributed by atoms with Crippen molar-refractivity contribution < 1.29 is 29.0 Å². The lowest BCUT2D eigenvalue weighted by atomic mass is 9.65. The molecular weight excluding hydrogens is 400 g/mol. The highest BCUT2D eigenvalue weighted by molar-refractivity contribution is 5.98. The summed E-state index contributed by atoms with van der Waals surface area (Å²) >= 11 is 0. The monoisotopic (exact) mass is 438 g/mol. The Balaban J connectivity index is 1.93. The maximum atomic E-state index is 13.7. The lowest BCUT2D eigenvalue weighted by Gasteiger charge is -2.34. The molecule has 0 aromatic heterocycles. The Morgan fingerprint density at radius 2 is 1.94 bits per heavy atom. The third-order valence-corrected chi connectivity index (χ3v) is 7.21.